The second kappa shape index (κ2) is 4.15. The van der Waals surface area contributed by atoms with E-state index >= 15 is 0 Å². The SMILES string of the molecule is CO[C@]12C(=O)CC[C@@]1(CO)C2C1(C)O[C@@H]1CC=C(C)C. The molecule has 1 heterocycles. The number of allylic oxidation sites excluding steroid dienone is 1. The van der Waals surface area contributed by atoms with Gasteiger partial charge in [-0.2, -0.15) is 0 Å². The van der Waals surface area contributed by atoms with Crippen LogP contribution in [0.4, 0.5) is 0 Å². The number of carbonyl (C=O) groups excluding carboxylic acids is 1. The number of epoxide rings is 1. The van der Waals surface area contributed by atoms with E-state index in [1.54, 1.807) is 7.11 Å². The van der Waals surface area contributed by atoms with Crippen LogP contribution >= 0.6 is 0 Å². The predicted molar refractivity (Wildman–Crippen MR) is 74.3 cm³/mol. The summed E-state index contributed by atoms with van der Waals surface area (Å²) in [6.45, 7) is 6.21. The number of hydrogen-bond donors (Lipinski definition) is 1. The van der Waals surface area contributed by atoms with Crippen LogP contribution in [0.3, 0.4) is 0 Å². The molecule has 1 N–H and O–H groups in total. The number of ether oxygens (including phenoxy) is 2. The molecule has 0 aromatic heterocycles. The van der Waals surface area contributed by atoms with Crippen molar-refractivity contribution in [3.05, 3.63) is 11.6 Å². The van der Waals surface area contributed by atoms with Crippen molar-refractivity contribution >= 4 is 5.78 Å². The zero-order valence-corrected chi connectivity index (χ0v) is 12.7. The number of fused-ring (bicyclic) bond motifs is 1. The molecule has 0 amide bonds. The minimum atomic E-state index is -0.795. The van der Waals surface area contributed by atoms with Crippen molar-refractivity contribution in [2.24, 2.45) is 11.3 Å². The first kappa shape index (κ1) is 14.2. The lowest BCUT2D eigenvalue weighted by molar-refractivity contribution is -0.132. The van der Waals surface area contributed by atoms with Gasteiger partial charge >= 0.3 is 0 Å². The number of aliphatic hydroxyl groups excluding tert-OH is 1. The number of ketones is 1. The van der Waals surface area contributed by atoms with Crippen LogP contribution in [0.2, 0.25) is 0 Å². The molecule has 112 valence electrons. The monoisotopic (exact) mass is 280 g/mol. The molecule has 0 aromatic rings. The van der Waals surface area contributed by atoms with E-state index < -0.39 is 11.0 Å². The van der Waals surface area contributed by atoms with Crippen LogP contribution in [0.15, 0.2) is 11.6 Å². The van der Waals surface area contributed by atoms with Crippen molar-refractivity contribution in [1.29, 1.82) is 0 Å². The summed E-state index contributed by atoms with van der Waals surface area (Å²) in [5, 5.41) is 9.85. The Kier molecular flexibility index (Phi) is 2.96. The normalized spacial score (nSPS) is 49.0. The van der Waals surface area contributed by atoms with Crippen LogP contribution in [0.1, 0.15) is 40.0 Å². The standard InChI is InChI=1S/C16H24O4/c1-10(2)5-6-12-14(3,20-12)13-15(9-17)8-7-11(18)16(13,15)19-4/h5,12-13,17H,6-9H2,1-4H3/t12-,13?,14?,15-,16+/m1/s1. The van der Waals surface area contributed by atoms with Gasteiger partial charge in [-0.15, -0.1) is 0 Å². The van der Waals surface area contributed by atoms with Crippen molar-refractivity contribution in [3.63, 3.8) is 0 Å². The van der Waals surface area contributed by atoms with Gasteiger partial charge in [-0.25, -0.2) is 0 Å². The third kappa shape index (κ3) is 1.45. The number of Topliss-reactive ketones (excluding diaryl/α,β-unsaturated/α-hetero) is 1. The summed E-state index contributed by atoms with van der Waals surface area (Å²) < 4.78 is 11.6. The summed E-state index contributed by atoms with van der Waals surface area (Å²) in [5.74, 6) is 0.131. The van der Waals surface area contributed by atoms with E-state index in [2.05, 4.69) is 26.8 Å². The zero-order valence-electron chi connectivity index (χ0n) is 12.7. The molecule has 4 nitrogen and oxygen atoms in total. The molecule has 0 spiro atoms. The van der Waals surface area contributed by atoms with E-state index in [0.29, 0.717) is 6.42 Å². The maximum atomic E-state index is 12.3. The first-order valence-corrected chi connectivity index (χ1v) is 7.39. The highest BCUT2D eigenvalue weighted by Gasteiger charge is 2.90. The Morgan fingerprint density at radius 1 is 1.55 bits per heavy atom. The predicted octanol–water partition coefficient (Wildman–Crippen LogP) is 1.86. The Labute approximate surface area is 120 Å². The molecule has 2 unspecified atom stereocenters. The molecule has 2 aliphatic carbocycles. The third-order valence-corrected chi connectivity index (χ3v) is 5.72. The van der Waals surface area contributed by atoms with Gasteiger partial charge in [-0.05, 0) is 33.6 Å². The molecule has 0 radical (unpaired) electrons. The minimum Gasteiger partial charge on any atom is -0.396 e. The minimum absolute atomic E-state index is 0.00527. The van der Waals surface area contributed by atoms with Crippen molar-refractivity contribution < 1.29 is 19.4 Å². The summed E-state index contributed by atoms with van der Waals surface area (Å²) in [6, 6.07) is 0. The maximum absolute atomic E-state index is 12.3. The summed E-state index contributed by atoms with van der Waals surface area (Å²) >= 11 is 0. The fourth-order valence-corrected chi connectivity index (χ4v) is 4.68. The molecule has 3 aliphatic rings. The Morgan fingerprint density at radius 2 is 2.25 bits per heavy atom. The zero-order chi connectivity index (χ0) is 14.8. The number of carbonyl (C=O) groups is 1. The second-order valence-corrected chi connectivity index (χ2v) is 6.92. The topological polar surface area (TPSA) is 59.1 Å². The van der Waals surface area contributed by atoms with Gasteiger partial charge in [-0.1, -0.05) is 11.6 Å². The molecule has 20 heavy (non-hydrogen) atoms. The van der Waals surface area contributed by atoms with Crippen molar-refractivity contribution in [1.82, 2.24) is 0 Å². The van der Waals surface area contributed by atoms with Gasteiger partial charge in [0.25, 0.3) is 0 Å². The second-order valence-electron chi connectivity index (χ2n) is 6.92. The Bertz CT molecular complexity index is 481. The van der Waals surface area contributed by atoms with Crippen molar-refractivity contribution in [2.75, 3.05) is 13.7 Å². The molecule has 5 atom stereocenters. The average molecular weight is 280 g/mol. The maximum Gasteiger partial charge on any atom is 0.165 e. The number of rotatable bonds is 5. The summed E-state index contributed by atoms with van der Waals surface area (Å²) in [4.78, 5) is 12.3. The van der Waals surface area contributed by atoms with Gasteiger partial charge in [0.05, 0.1) is 18.3 Å². The molecule has 1 aliphatic heterocycles. The van der Waals surface area contributed by atoms with Gasteiger partial charge in [0.15, 0.2) is 5.78 Å². The lowest BCUT2D eigenvalue weighted by Crippen LogP contribution is -2.31. The lowest BCUT2D eigenvalue weighted by atomic mass is 9.88. The van der Waals surface area contributed by atoms with Crippen molar-refractivity contribution in [2.45, 2.75) is 57.3 Å². The van der Waals surface area contributed by atoms with Gasteiger partial charge in [-0.3, -0.25) is 4.79 Å². The third-order valence-electron chi connectivity index (χ3n) is 5.72. The van der Waals surface area contributed by atoms with E-state index in [0.717, 1.165) is 12.8 Å². The summed E-state index contributed by atoms with van der Waals surface area (Å²) in [6.07, 6.45) is 4.40. The van der Waals surface area contributed by atoms with Crippen LogP contribution in [0.5, 0.6) is 0 Å². The first-order valence-electron chi connectivity index (χ1n) is 7.39. The van der Waals surface area contributed by atoms with Gasteiger partial charge in [0.2, 0.25) is 0 Å². The average Bonchev–Trinajstić information content (AvgIpc) is 3.22. The summed E-state index contributed by atoms with van der Waals surface area (Å²) in [7, 11) is 1.59. The lowest BCUT2D eigenvalue weighted by Gasteiger charge is -2.14. The largest absolute Gasteiger partial charge is 0.396 e. The molecule has 0 aromatic carbocycles. The molecular formula is C16H24O4. The molecule has 4 heteroatoms. The van der Waals surface area contributed by atoms with Crippen LogP contribution in [0, 0.1) is 11.3 Å². The molecule has 3 rings (SSSR count). The number of aliphatic hydroxyl groups is 1. The molecule has 2 saturated carbocycles. The van der Waals surface area contributed by atoms with Gasteiger partial charge < -0.3 is 14.6 Å². The van der Waals surface area contributed by atoms with Gasteiger partial charge in [0, 0.05) is 24.9 Å². The molecular weight excluding hydrogens is 256 g/mol. The van der Waals surface area contributed by atoms with Crippen LogP contribution < -0.4 is 0 Å². The van der Waals surface area contributed by atoms with Crippen LogP contribution in [-0.2, 0) is 14.3 Å². The van der Waals surface area contributed by atoms with E-state index in [1.807, 2.05) is 0 Å². The fraction of sp³-hybridized carbons (Fsp3) is 0.812. The van der Waals surface area contributed by atoms with E-state index in [1.165, 1.54) is 5.57 Å². The molecule has 1 saturated heterocycles. The van der Waals surface area contributed by atoms with Crippen LogP contribution in [-0.4, -0.2) is 41.9 Å². The smallest absolute Gasteiger partial charge is 0.165 e. The Balaban J connectivity index is 1.83. The highest BCUT2D eigenvalue weighted by atomic mass is 16.6. The number of hydrogen-bond acceptors (Lipinski definition) is 4. The van der Waals surface area contributed by atoms with E-state index in [4.69, 9.17) is 9.47 Å². The van der Waals surface area contributed by atoms with E-state index in [-0.39, 0.29) is 30.0 Å². The van der Waals surface area contributed by atoms with E-state index in [9.17, 15) is 9.90 Å². The highest BCUT2D eigenvalue weighted by molar-refractivity contribution is 5.96. The summed E-state index contributed by atoms with van der Waals surface area (Å²) in [5.41, 5.74) is -0.266. The quantitative estimate of drug-likeness (QED) is 0.617. The Morgan fingerprint density at radius 3 is 2.75 bits per heavy atom. The number of methoxy groups -OCH3 is 1. The van der Waals surface area contributed by atoms with Gasteiger partial charge in [0.1, 0.15) is 5.60 Å². The highest BCUT2D eigenvalue weighted by Crippen LogP contribution is 2.78. The fourth-order valence-electron chi connectivity index (χ4n) is 4.68. The first-order chi connectivity index (χ1) is 9.39. The van der Waals surface area contributed by atoms with Crippen molar-refractivity contribution in [3.8, 4) is 0 Å². The molecule has 0 bridgehead atoms. The van der Waals surface area contributed by atoms with Crippen LogP contribution in [0.25, 0.3) is 0 Å². The Hall–Kier alpha value is -0.710. The molecule has 3 fully saturated rings.